The van der Waals surface area contributed by atoms with Gasteiger partial charge in [-0.3, -0.25) is 9.36 Å². The van der Waals surface area contributed by atoms with E-state index in [9.17, 15) is 14.4 Å². The quantitative estimate of drug-likeness (QED) is 0.212. The summed E-state index contributed by atoms with van der Waals surface area (Å²) in [7, 11) is 2.58. The molecule has 0 amide bonds. The average Bonchev–Trinajstić information content (AvgIpc) is 3.35. The summed E-state index contributed by atoms with van der Waals surface area (Å²) in [6.07, 6.45) is 0.648. The summed E-state index contributed by atoms with van der Waals surface area (Å²) in [5.41, 5.74) is 1.62. The van der Waals surface area contributed by atoms with E-state index in [1.54, 1.807) is 34.9 Å². The van der Waals surface area contributed by atoms with Gasteiger partial charge in [0.2, 0.25) is 5.76 Å². The van der Waals surface area contributed by atoms with Gasteiger partial charge in [0.25, 0.3) is 5.56 Å². The third-order valence-electron chi connectivity index (χ3n) is 5.20. The number of thioether (sulfide) groups is 1. The molecule has 0 unspecified atom stereocenters. The van der Waals surface area contributed by atoms with Gasteiger partial charge in [-0.15, -0.1) is 0 Å². The van der Waals surface area contributed by atoms with Gasteiger partial charge >= 0.3 is 11.9 Å². The fourth-order valence-corrected chi connectivity index (χ4v) is 4.36. The largest absolute Gasteiger partial charge is 0.465 e. The smallest absolute Gasteiger partial charge is 0.373 e. The molecule has 174 valence electrons. The van der Waals surface area contributed by atoms with Gasteiger partial charge in [0.15, 0.2) is 5.16 Å². The van der Waals surface area contributed by atoms with Crippen LogP contribution in [0, 0.1) is 0 Å². The van der Waals surface area contributed by atoms with Crippen LogP contribution in [0.2, 0.25) is 0 Å². The second kappa shape index (κ2) is 10.4. The van der Waals surface area contributed by atoms with Crippen molar-refractivity contribution in [3.63, 3.8) is 0 Å². The Hall–Kier alpha value is -3.85. The molecule has 2 heterocycles. The van der Waals surface area contributed by atoms with Crippen LogP contribution in [0.3, 0.4) is 0 Å². The second-order valence-corrected chi connectivity index (χ2v) is 8.30. The van der Waals surface area contributed by atoms with Gasteiger partial charge in [-0.25, -0.2) is 14.6 Å². The zero-order chi connectivity index (χ0) is 24.1. The van der Waals surface area contributed by atoms with Crippen LogP contribution < -0.4 is 5.56 Å². The van der Waals surface area contributed by atoms with E-state index < -0.39 is 11.9 Å². The lowest BCUT2D eigenvalue weighted by molar-refractivity contribution is 0.0561. The van der Waals surface area contributed by atoms with E-state index in [1.807, 2.05) is 30.3 Å². The zero-order valence-electron chi connectivity index (χ0n) is 18.6. The van der Waals surface area contributed by atoms with Crippen LogP contribution in [0.25, 0.3) is 10.9 Å². The fourth-order valence-electron chi connectivity index (χ4n) is 3.44. The van der Waals surface area contributed by atoms with Gasteiger partial charge in [-0.1, -0.05) is 42.1 Å². The highest BCUT2D eigenvalue weighted by Gasteiger charge is 2.16. The molecule has 8 nitrogen and oxygen atoms in total. The summed E-state index contributed by atoms with van der Waals surface area (Å²) >= 11 is 1.31. The summed E-state index contributed by atoms with van der Waals surface area (Å²) in [6.45, 7) is 0.429. The van der Waals surface area contributed by atoms with Gasteiger partial charge in [0, 0.05) is 6.54 Å². The summed E-state index contributed by atoms with van der Waals surface area (Å²) in [4.78, 5) is 41.7. The lowest BCUT2D eigenvalue weighted by atomic mass is 10.1. The predicted molar refractivity (Wildman–Crippen MR) is 127 cm³/mol. The van der Waals surface area contributed by atoms with E-state index in [4.69, 9.17) is 9.15 Å². The van der Waals surface area contributed by atoms with Gasteiger partial charge in [0.1, 0.15) is 5.76 Å². The van der Waals surface area contributed by atoms with Gasteiger partial charge in [-0.2, -0.15) is 0 Å². The number of rotatable bonds is 8. The minimum atomic E-state index is -0.560. The standard InChI is InChI=1S/C25H22N2O6S/c1-31-23(29)17-8-10-19-20(14-17)26-25(34-15-18-9-11-21(33-18)24(30)32-2)27(22(19)28)13-12-16-6-4-3-5-7-16/h3-11,14H,12-13,15H2,1-2H3. The lowest BCUT2D eigenvalue weighted by Gasteiger charge is -2.13. The molecule has 0 aliphatic heterocycles. The van der Waals surface area contributed by atoms with Crippen molar-refractivity contribution in [3.8, 4) is 0 Å². The third kappa shape index (κ3) is 5.04. The number of carbonyl (C=O) groups is 2. The molecular weight excluding hydrogens is 456 g/mol. The Balaban J connectivity index is 1.69. The number of furan rings is 1. The summed E-state index contributed by atoms with van der Waals surface area (Å²) < 4.78 is 16.6. The van der Waals surface area contributed by atoms with Crippen molar-refractivity contribution in [2.45, 2.75) is 23.9 Å². The molecular formula is C25H22N2O6S. The van der Waals surface area contributed by atoms with Gasteiger partial charge < -0.3 is 13.9 Å². The molecule has 0 atom stereocenters. The number of methoxy groups -OCH3 is 2. The van der Waals surface area contributed by atoms with E-state index in [2.05, 4.69) is 9.72 Å². The van der Waals surface area contributed by atoms with Crippen LogP contribution in [-0.4, -0.2) is 35.7 Å². The number of hydrogen-bond donors (Lipinski definition) is 0. The molecule has 4 aromatic rings. The van der Waals surface area contributed by atoms with Crippen molar-refractivity contribution in [2.24, 2.45) is 0 Å². The Labute approximate surface area is 199 Å². The molecule has 9 heteroatoms. The van der Waals surface area contributed by atoms with Crippen LogP contribution in [-0.2, 0) is 28.2 Å². The predicted octanol–water partition coefficient (Wildman–Crippen LogP) is 4.10. The molecule has 0 radical (unpaired) electrons. The van der Waals surface area contributed by atoms with Crippen LogP contribution in [0.4, 0.5) is 0 Å². The molecule has 34 heavy (non-hydrogen) atoms. The Morgan fingerprint density at radius 2 is 1.76 bits per heavy atom. The molecule has 0 saturated heterocycles. The van der Waals surface area contributed by atoms with E-state index in [0.29, 0.717) is 46.1 Å². The van der Waals surface area contributed by atoms with Crippen LogP contribution in [0.5, 0.6) is 0 Å². The second-order valence-electron chi connectivity index (χ2n) is 7.36. The lowest BCUT2D eigenvalue weighted by Crippen LogP contribution is -2.24. The topological polar surface area (TPSA) is 101 Å². The van der Waals surface area contributed by atoms with Crippen molar-refractivity contribution in [1.29, 1.82) is 0 Å². The Morgan fingerprint density at radius 1 is 1.00 bits per heavy atom. The summed E-state index contributed by atoms with van der Waals surface area (Å²) in [5.74, 6) is -0.0737. The first kappa shape index (κ1) is 23.3. The van der Waals surface area contributed by atoms with Gasteiger partial charge in [-0.05, 0) is 42.3 Å². The maximum Gasteiger partial charge on any atom is 0.373 e. The number of nitrogens with zero attached hydrogens (tertiary/aromatic N) is 2. The normalized spacial score (nSPS) is 10.9. The number of fused-ring (bicyclic) bond motifs is 1. The molecule has 0 fully saturated rings. The van der Waals surface area contributed by atoms with Crippen molar-refractivity contribution in [3.05, 3.63) is 93.7 Å². The molecule has 2 aromatic carbocycles. The fraction of sp³-hybridized carbons (Fsp3) is 0.200. The maximum absolute atomic E-state index is 13.4. The molecule has 2 aromatic heterocycles. The number of benzene rings is 2. The molecule has 0 bridgehead atoms. The highest BCUT2D eigenvalue weighted by Crippen LogP contribution is 2.24. The summed E-state index contributed by atoms with van der Waals surface area (Å²) in [5, 5.41) is 0.891. The van der Waals surface area contributed by atoms with Crippen molar-refractivity contribution in [2.75, 3.05) is 14.2 Å². The molecule has 0 aliphatic carbocycles. The van der Waals surface area contributed by atoms with Crippen molar-refractivity contribution in [1.82, 2.24) is 9.55 Å². The summed E-state index contributed by atoms with van der Waals surface area (Å²) in [6, 6.07) is 17.8. The number of ether oxygens (including phenoxy) is 2. The number of aryl methyl sites for hydroxylation is 1. The first-order valence-corrected chi connectivity index (χ1v) is 11.5. The van der Waals surface area contributed by atoms with Crippen LogP contribution in [0.1, 0.15) is 32.2 Å². The van der Waals surface area contributed by atoms with Crippen LogP contribution in [0.15, 0.2) is 75.0 Å². The Bertz CT molecular complexity index is 1390. The number of hydrogen-bond acceptors (Lipinski definition) is 8. The number of carbonyl (C=O) groups excluding carboxylic acids is 2. The highest BCUT2D eigenvalue weighted by molar-refractivity contribution is 7.98. The van der Waals surface area contributed by atoms with E-state index in [0.717, 1.165) is 5.56 Å². The minimum Gasteiger partial charge on any atom is -0.465 e. The number of aromatic nitrogens is 2. The van der Waals surface area contributed by atoms with E-state index in [-0.39, 0.29) is 11.3 Å². The zero-order valence-corrected chi connectivity index (χ0v) is 19.5. The van der Waals surface area contributed by atoms with E-state index in [1.165, 1.54) is 26.0 Å². The molecule has 0 spiro atoms. The molecule has 0 N–H and O–H groups in total. The molecule has 4 rings (SSSR count). The average molecular weight is 479 g/mol. The van der Waals surface area contributed by atoms with Crippen molar-refractivity contribution >= 4 is 34.6 Å². The monoisotopic (exact) mass is 478 g/mol. The molecule has 0 saturated carbocycles. The highest BCUT2D eigenvalue weighted by atomic mass is 32.2. The van der Waals surface area contributed by atoms with Crippen LogP contribution >= 0.6 is 11.8 Å². The SMILES string of the molecule is COC(=O)c1ccc2c(=O)n(CCc3ccccc3)c(SCc3ccc(C(=O)OC)o3)nc2c1. The van der Waals surface area contributed by atoms with E-state index >= 15 is 0 Å². The Kier molecular flexibility index (Phi) is 7.12. The number of esters is 2. The Morgan fingerprint density at radius 3 is 2.50 bits per heavy atom. The third-order valence-corrected chi connectivity index (χ3v) is 6.20. The minimum absolute atomic E-state index is 0.105. The first-order chi connectivity index (χ1) is 16.5. The molecule has 0 aliphatic rings. The van der Waals surface area contributed by atoms with Crippen molar-refractivity contribution < 1.29 is 23.5 Å². The van der Waals surface area contributed by atoms with Gasteiger partial charge in [0.05, 0.1) is 36.4 Å². The maximum atomic E-state index is 13.4. The first-order valence-electron chi connectivity index (χ1n) is 10.5.